The van der Waals surface area contributed by atoms with E-state index in [1.807, 2.05) is 0 Å². The first-order valence-corrected chi connectivity index (χ1v) is 12.5. The van der Waals surface area contributed by atoms with E-state index in [-0.39, 0.29) is 29.7 Å². The molecule has 0 fully saturated rings. The van der Waals surface area contributed by atoms with Crippen LogP contribution in [0.25, 0.3) is 22.1 Å². The van der Waals surface area contributed by atoms with Gasteiger partial charge in [0.1, 0.15) is 24.5 Å². The lowest BCUT2D eigenvalue weighted by atomic mass is 10.0. The molecule has 0 bridgehead atoms. The highest BCUT2D eigenvalue weighted by Gasteiger charge is 2.21. The summed E-state index contributed by atoms with van der Waals surface area (Å²) in [6.45, 7) is 0.547. The first kappa shape index (κ1) is 27.0. The van der Waals surface area contributed by atoms with E-state index in [1.165, 1.54) is 25.3 Å². The number of nitrogens with zero attached hydrogens (tertiary/aromatic N) is 1. The van der Waals surface area contributed by atoms with Crippen LogP contribution < -0.4 is 4.74 Å². The molecule has 0 saturated carbocycles. The van der Waals surface area contributed by atoms with Crippen LogP contribution in [0.4, 0.5) is 8.78 Å². The van der Waals surface area contributed by atoms with Gasteiger partial charge in [0.2, 0.25) is 0 Å². The van der Waals surface area contributed by atoms with Crippen molar-refractivity contribution < 1.29 is 41.4 Å². The highest BCUT2D eigenvalue weighted by atomic mass is 32.2. The summed E-state index contributed by atoms with van der Waals surface area (Å²) in [6, 6.07) is 15.5. The zero-order valence-corrected chi connectivity index (χ0v) is 20.9. The normalized spacial score (nSPS) is 12.7. The van der Waals surface area contributed by atoms with E-state index in [1.54, 1.807) is 42.5 Å². The van der Waals surface area contributed by atoms with Crippen LogP contribution in [0.3, 0.4) is 0 Å². The monoisotopic (exact) mass is 542 g/mol. The number of carbonyl (C=O) groups is 2. The average Bonchev–Trinajstić information content (AvgIpc) is 3.39. The summed E-state index contributed by atoms with van der Waals surface area (Å²) in [4.78, 5) is 25.1. The van der Waals surface area contributed by atoms with E-state index in [4.69, 9.17) is 14.3 Å². The molecule has 8 nitrogen and oxygen atoms in total. The number of aliphatic carboxylic acids is 1. The first-order chi connectivity index (χ1) is 18.1. The molecular weight excluding hydrogens is 520 g/mol. The molecule has 0 saturated heterocycles. The molecule has 38 heavy (non-hydrogen) atoms. The van der Waals surface area contributed by atoms with Crippen LogP contribution >= 0.6 is 0 Å². The number of ether oxygens (including phenoxy) is 1. The summed E-state index contributed by atoms with van der Waals surface area (Å²) in [5, 5.41) is 8.25. The Kier molecular flexibility index (Phi) is 8.18. The highest BCUT2D eigenvalue weighted by Crippen LogP contribution is 2.33. The number of carbonyl (C=O) groups excluding carboxylic acids is 1. The maximum atomic E-state index is 14.0. The average molecular weight is 543 g/mol. The summed E-state index contributed by atoms with van der Waals surface area (Å²) in [5.41, 5.74) is 2.02. The molecule has 4 rings (SSSR count). The number of hydrogen-bond donors (Lipinski definition) is 1. The summed E-state index contributed by atoms with van der Waals surface area (Å²) in [5.74, 6) is -3.36. The molecule has 2 unspecified atom stereocenters. The van der Waals surface area contributed by atoms with E-state index < -0.39 is 46.4 Å². The summed E-state index contributed by atoms with van der Waals surface area (Å²) in [7, 11) is 0. The van der Waals surface area contributed by atoms with Crippen LogP contribution in [0.2, 0.25) is 0 Å². The molecule has 11 heteroatoms. The molecule has 1 amide bonds. The second kappa shape index (κ2) is 11.5. The van der Waals surface area contributed by atoms with Crippen LogP contribution in [0.5, 0.6) is 5.75 Å². The SMILES string of the molecule is CC(CN(CC(=O)O)C(=O)c1cccc(COc2ccc(-c3cc(F)c(F)c4ccoc34)cc2)c1)S(=O)[O-]. The molecule has 198 valence electrons. The van der Waals surface area contributed by atoms with Gasteiger partial charge in [0, 0.05) is 22.9 Å². The van der Waals surface area contributed by atoms with Gasteiger partial charge >= 0.3 is 5.97 Å². The molecule has 2 atom stereocenters. The number of fused-ring (bicyclic) bond motifs is 1. The van der Waals surface area contributed by atoms with Gasteiger partial charge in [-0.15, -0.1) is 0 Å². The van der Waals surface area contributed by atoms with Crippen molar-refractivity contribution in [3.05, 3.63) is 89.7 Å². The molecule has 0 aliphatic heterocycles. The van der Waals surface area contributed by atoms with Gasteiger partial charge in [-0.3, -0.25) is 13.8 Å². The largest absolute Gasteiger partial charge is 0.772 e. The van der Waals surface area contributed by atoms with Crippen LogP contribution in [0, 0.1) is 11.6 Å². The standard InChI is InChI=1S/C27H23F2NO7S/c1-16(38(34)35)13-30(14-24(31)32)27(33)19-4-2-3-17(11-19)15-37-20-7-5-18(6-8-20)22-12-23(28)25(29)21-9-10-36-26(21)22/h2-12,16H,13-15H2,1H3,(H,31,32)(H,34,35)/p-1. The Morgan fingerprint density at radius 3 is 2.55 bits per heavy atom. The number of carboxylic acids is 1. The minimum absolute atomic E-state index is 0.0485. The smallest absolute Gasteiger partial charge is 0.323 e. The number of carboxylic acid groups (broad SMARTS) is 1. The number of rotatable bonds is 10. The summed E-state index contributed by atoms with van der Waals surface area (Å²) in [6.07, 6.45) is 1.29. The number of furan rings is 1. The maximum Gasteiger partial charge on any atom is 0.323 e. The van der Waals surface area contributed by atoms with E-state index in [9.17, 15) is 27.1 Å². The Hall–Kier alpha value is -4.09. The van der Waals surface area contributed by atoms with Crippen LogP contribution in [0.15, 0.2) is 71.3 Å². The van der Waals surface area contributed by atoms with Gasteiger partial charge in [0.05, 0.1) is 11.6 Å². The second-order valence-electron chi connectivity index (χ2n) is 8.55. The van der Waals surface area contributed by atoms with E-state index in [0.29, 0.717) is 22.4 Å². The fraction of sp³-hybridized carbons (Fsp3) is 0.185. The third kappa shape index (κ3) is 6.06. The highest BCUT2D eigenvalue weighted by molar-refractivity contribution is 7.79. The topological polar surface area (TPSA) is 120 Å². The Labute approximate surface area is 218 Å². The van der Waals surface area contributed by atoms with Crippen molar-refractivity contribution in [1.29, 1.82) is 0 Å². The predicted octanol–water partition coefficient (Wildman–Crippen LogP) is 4.75. The Balaban J connectivity index is 1.46. The number of benzene rings is 3. The minimum Gasteiger partial charge on any atom is -0.772 e. The van der Waals surface area contributed by atoms with Gasteiger partial charge in [-0.05, 0) is 47.5 Å². The van der Waals surface area contributed by atoms with E-state index in [2.05, 4.69) is 0 Å². The van der Waals surface area contributed by atoms with Crippen molar-refractivity contribution >= 4 is 33.9 Å². The number of amides is 1. The Morgan fingerprint density at radius 2 is 1.87 bits per heavy atom. The third-order valence-corrected chi connectivity index (χ3v) is 6.60. The molecule has 0 spiro atoms. The van der Waals surface area contributed by atoms with Crippen molar-refractivity contribution in [2.24, 2.45) is 0 Å². The molecule has 3 aromatic carbocycles. The molecule has 0 radical (unpaired) electrons. The summed E-state index contributed by atoms with van der Waals surface area (Å²) < 4.78 is 61.5. The fourth-order valence-electron chi connectivity index (χ4n) is 3.92. The van der Waals surface area contributed by atoms with E-state index >= 15 is 0 Å². The fourth-order valence-corrected chi connectivity index (χ4v) is 4.22. The third-order valence-electron chi connectivity index (χ3n) is 5.79. The van der Waals surface area contributed by atoms with Crippen molar-refractivity contribution in [3.63, 3.8) is 0 Å². The lowest BCUT2D eigenvalue weighted by molar-refractivity contribution is -0.137. The lowest BCUT2D eigenvalue weighted by Gasteiger charge is -2.25. The van der Waals surface area contributed by atoms with Gasteiger partial charge in [0.25, 0.3) is 5.91 Å². The van der Waals surface area contributed by atoms with Gasteiger partial charge in [-0.2, -0.15) is 0 Å². The number of hydrogen-bond acceptors (Lipinski definition) is 6. The molecular formula is C27H22F2NO7S-. The van der Waals surface area contributed by atoms with Crippen LogP contribution in [0.1, 0.15) is 22.8 Å². The van der Waals surface area contributed by atoms with Gasteiger partial charge in [0.15, 0.2) is 11.6 Å². The Morgan fingerprint density at radius 1 is 1.13 bits per heavy atom. The minimum atomic E-state index is -2.47. The molecule has 1 aromatic heterocycles. The molecule has 0 aliphatic rings. The molecule has 0 aliphatic carbocycles. The second-order valence-corrected chi connectivity index (χ2v) is 9.87. The van der Waals surface area contributed by atoms with E-state index in [0.717, 1.165) is 11.0 Å². The Bertz CT molecular complexity index is 1500. The quantitative estimate of drug-likeness (QED) is 0.287. The van der Waals surface area contributed by atoms with Crippen molar-refractivity contribution in [3.8, 4) is 16.9 Å². The maximum absolute atomic E-state index is 14.0. The van der Waals surface area contributed by atoms with Gasteiger partial charge in [-0.1, -0.05) is 42.3 Å². The van der Waals surface area contributed by atoms with Gasteiger partial charge < -0.3 is 23.7 Å². The number of halogens is 2. The first-order valence-electron chi connectivity index (χ1n) is 11.4. The lowest BCUT2D eigenvalue weighted by Crippen LogP contribution is -2.41. The molecule has 4 aromatic rings. The molecule has 1 N–H and O–H groups in total. The van der Waals surface area contributed by atoms with Crippen molar-refractivity contribution in [2.45, 2.75) is 18.8 Å². The predicted molar refractivity (Wildman–Crippen MR) is 134 cm³/mol. The summed E-state index contributed by atoms with van der Waals surface area (Å²) >= 11 is -2.47. The van der Waals surface area contributed by atoms with Crippen LogP contribution in [-0.4, -0.2) is 49.0 Å². The molecule has 1 heterocycles. The van der Waals surface area contributed by atoms with Crippen LogP contribution in [-0.2, 0) is 22.5 Å². The van der Waals surface area contributed by atoms with Crippen molar-refractivity contribution in [2.75, 3.05) is 13.1 Å². The zero-order chi connectivity index (χ0) is 27.4. The van der Waals surface area contributed by atoms with Gasteiger partial charge in [-0.25, -0.2) is 8.78 Å². The zero-order valence-electron chi connectivity index (χ0n) is 20.1. The van der Waals surface area contributed by atoms with Crippen molar-refractivity contribution in [1.82, 2.24) is 4.90 Å².